The molecular formula is C37H53N5O9S. The highest BCUT2D eigenvalue weighted by Gasteiger charge is 2.63. The van der Waals surface area contributed by atoms with Gasteiger partial charge in [0.05, 0.1) is 11.3 Å². The topological polar surface area (TPSA) is 181 Å². The number of nitrogens with one attached hydrogen (secondary N) is 3. The molecule has 2 aliphatic heterocycles. The molecule has 2 saturated carbocycles. The Morgan fingerprint density at radius 2 is 1.71 bits per heavy atom. The first kappa shape index (κ1) is 39.1. The van der Waals surface area contributed by atoms with Crippen LogP contribution in [0.5, 0.6) is 0 Å². The second kappa shape index (κ2) is 14.0. The molecule has 0 bridgehead atoms. The maximum absolute atomic E-state index is 14.4. The van der Waals surface area contributed by atoms with E-state index in [-0.39, 0.29) is 19.4 Å². The van der Waals surface area contributed by atoms with E-state index in [0.717, 1.165) is 11.1 Å². The van der Waals surface area contributed by atoms with E-state index in [0.29, 0.717) is 38.8 Å². The van der Waals surface area contributed by atoms with Crippen molar-refractivity contribution in [2.24, 2.45) is 11.3 Å². The van der Waals surface area contributed by atoms with Crippen molar-refractivity contribution in [2.45, 2.75) is 128 Å². The van der Waals surface area contributed by atoms with E-state index < -0.39 is 85.3 Å². The van der Waals surface area contributed by atoms with Crippen LogP contribution in [0.1, 0.15) is 91.7 Å². The molecule has 15 heteroatoms. The average molecular weight is 744 g/mol. The molecule has 1 aromatic rings. The smallest absolute Gasteiger partial charge is 0.410 e. The molecule has 3 fully saturated rings. The highest BCUT2D eigenvalue weighted by Crippen LogP contribution is 2.48. The minimum absolute atomic E-state index is 0.0925. The number of nitrogens with zero attached hydrogens (tertiary/aromatic N) is 2. The lowest BCUT2D eigenvalue weighted by atomic mass is 9.85. The summed E-state index contributed by atoms with van der Waals surface area (Å²) in [4.78, 5) is 71.5. The summed E-state index contributed by atoms with van der Waals surface area (Å²) in [5.74, 6) is -2.76. The van der Waals surface area contributed by atoms with Crippen molar-refractivity contribution in [3.63, 3.8) is 0 Å². The zero-order chi connectivity index (χ0) is 38.4. The number of amides is 5. The molecule has 1 saturated heterocycles. The maximum atomic E-state index is 14.4. The van der Waals surface area contributed by atoms with E-state index in [4.69, 9.17) is 9.47 Å². The van der Waals surface area contributed by atoms with Gasteiger partial charge in [-0.1, -0.05) is 58.0 Å². The van der Waals surface area contributed by atoms with Gasteiger partial charge in [0.15, 0.2) is 0 Å². The van der Waals surface area contributed by atoms with Crippen LogP contribution >= 0.6 is 0 Å². The molecule has 3 N–H and O–H groups in total. The largest absolute Gasteiger partial charge is 0.444 e. The SMILES string of the molecule is C=CC1C[C@]1(NC(=O)[C@@H]1C[C@@H](OC(=O)N2CCc3ccccc3C2)CN1C(=O)[C@@H](NC(=O)OC(C)(C)C)C(C)(C)C)C(=O)NS(=O)(=O)C1(CC)CC1. The second-order valence-electron chi connectivity index (χ2n) is 16.6. The number of ether oxygens (including phenoxy) is 2. The van der Waals surface area contributed by atoms with Crippen molar-refractivity contribution in [2.75, 3.05) is 13.1 Å². The van der Waals surface area contributed by atoms with Gasteiger partial charge in [-0.25, -0.2) is 18.0 Å². The molecule has 1 unspecified atom stereocenters. The van der Waals surface area contributed by atoms with E-state index in [1.807, 2.05) is 24.3 Å². The molecule has 52 heavy (non-hydrogen) atoms. The number of hydrogen-bond donors (Lipinski definition) is 3. The van der Waals surface area contributed by atoms with E-state index in [9.17, 15) is 32.4 Å². The molecule has 5 rings (SSSR count). The monoisotopic (exact) mass is 743 g/mol. The van der Waals surface area contributed by atoms with Gasteiger partial charge in [0.2, 0.25) is 21.8 Å². The number of hydrogen-bond acceptors (Lipinski definition) is 9. The quantitative estimate of drug-likeness (QED) is 0.302. The Bertz CT molecular complexity index is 1730. The zero-order valence-electron chi connectivity index (χ0n) is 31.2. The minimum atomic E-state index is -4.02. The zero-order valence-corrected chi connectivity index (χ0v) is 32.1. The van der Waals surface area contributed by atoms with E-state index in [2.05, 4.69) is 21.9 Å². The molecule has 4 aliphatic rings. The Morgan fingerprint density at radius 1 is 1.06 bits per heavy atom. The lowest BCUT2D eigenvalue weighted by molar-refractivity contribution is -0.143. The summed E-state index contributed by atoms with van der Waals surface area (Å²) >= 11 is 0. The van der Waals surface area contributed by atoms with Crippen LogP contribution < -0.4 is 15.4 Å². The van der Waals surface area contributed by atoms with Crippen LogP contribution in [0, 0.1) is 11.3 Å². The molecule has 5 amide bonds. The standard InChI is InChI=1S/C37H53N5O9S/c1-9-25-20-37(25,31(45)40-52(48,49)36(10-2)16-17-36)39-29(43)27-19-26(50-33(47)41-18-15-23-13-11-12-14-24(23)21-41)22-42(27)30(44)28(34(3,4)5)38-32(46)51-35(6,7)8/h9,11-14,25-28H,1,10,15-22H2,2-8H3,(H,38,46)(H,39,43)(H,40,45)/t25?,26-,27+,28-,37-/m1/s1. The molecule has 2 heterocycles. The van der Waals surface area contributed by atoms with Gasteiger partial charge >= 0.3 is 12.2 Å². The normalized spacial score (nSPS) is 25.6. The van der Waals surface area contributed by atoms with Gasteiger partial charge in [-0.05, 0) is 69.4 Å². The van der Waals surface area contributed by atoms with Gasteiger partial charge in [0, 0.05) is 25.4 Å². The summed E-state index contributed by atoms with van der Waals surface area (Å²) in [7, 11) is -4.02. The molecule has 2 aliphatic carbocycles. The van der Waals surface area contributed by atoms with Gasteiger partial charge in [-0.15, -0.1) is 6.58 Å². The summed E-state index contributed by atoms with van der Waals surface area (Å²) in [6, 6.07) is 5.44. The predicted molar refractivity (Wildman–Crippen MR) is 192 cm³/mol. The highest BCUT2D eigenvalue weighted by molar-refractivity contribution is 7.91. The minimum Gasteiger partial charge on any atom is -0.444 e. The van der Waals surface area contributed by atoms with E-state index in [1.54, 1.807) is 53.4 Å². The van der Waals surface area contributed by atoms with E-state index in [1.165, 1.54) is 11.0 Å². The molecule has 5 atom stereocenters. The summed E-state index contributed by atoms with van der Waals surface area (Å²) in [6.07, 6.45) is 1.06. The third kappa shape index (κ3) is 8.08. The Balaban J connectivity index is 1.38. The predicted octanol–water partition coefficient (Wildman–Crippen LogP) is 3.54. The lowest BCUT2D eigenvalue weighted by Gasteiger charge is -2.36. The molecule has 0 radical (unpaired) electrons. The first-order valence-electron chi connectivity index (χ1n) is 18.0. The fourth-order valence-corrected chi connectivity index (χ4v) is 8.76. The van der Waals surface area contributed by atoms with Crippen LogP contribution in [0.15, 0.2) is 36.9 Å². The van der Waals surface area contributed by atoms with Gasteiger partial charge in [0.1, 0.15) is 29.3 Å². The van der Waals surface area contributed by atoms with Crippen molar-refractivity contribution in [3.8, 4) is 0 Å². The van der Waals surface area contributed by atoms with Crippen molar-refractivity contribution >= 4 is 39.9 Å². The van der Waals surface area contributed by atoms with Crippen LogP contribution in [0.4, 0.5) is 9.59 Å². The highest BCUT2D eigenvalue weighted by atomic mass is 32.2. The summed E-state index contributed by atoms with van der Waals surface area (Å²) in [6.45, 7) is 16.5. The van der Waals surface area contributed by atoms with Gasteiger partial charge < -0.3 is 29.9 Å². The first-order valence-corrected chi connectivity index (χ1v) is 19.5. The number of carbonyl (C=O) groups excluding carboxylic acids is 5. The van der Waals surface area contributed by atoms with Crippen LogP contribution in [0.3, 0.4) is 0 Å². The van der Waals surface area contributed by atoms with Crippen molar-refractivity contribution in [3.05, 3.63) is 48.0 Å². The summed E-state index contributed by atoms with van der Waals surface area (Å²) in [5.41, 5.74) is -1.13. The number of alkyl carbamates (subject to hydrolysis) is 1. The van der Waals surface area contributed by atoms with Crippen LogP contribution in [0.2, 0.25) is 0 Å². The molecular weight excluding hydrogens is 691 g/mol. The fourth-order valence-electron chi connectivity index (χ4n) is 7.09. The Labute approximate surface area is 306 Å². The number of carbonyl (C=O) groups is 5. The van der Waals surface area contributed by atoms with Crippen molar-refractivity contribution in [1.82, 2.24) is 25.2 Å². The maximum Gasteiger partial charge on any atom is 0.410 e. The second-order valence-corrected chi connectivity index (χ2v) is 18.7. The fraction of sp³-hybridized carbons (Fsp3) is 0.649. The molecule has 0 aromatic heterocycles. The van der Waals surface area contributed by atoms with Crippen molar-refractivity contribution < 1.29 is 41.9 Å². The summed E-state index contributed by atoms with van der Waals surface area (Å²) < 4.78 is 38.9. The molecule has 0 spiro atoms. The molecule has 1 aromatic carbocycles. The van der Waals surface area contributed by atoms with Crippen LogP contribution in [-0.4, -0.2) is 95.3 Å². The first-order chi connectivity index (χ1) is 24.1. The van der Waals surface area contributed by atoms with Gasteiger partial charge in [-0.2, -0.15) is 0 Å². The van der Waals surface area contributed by atoms with E-state index >= 15 is 0 Å². The number of likely N-dealkylation sites (tertiary alicyclic amines) is 1. The van der Waals surface area contributed by atoms with Crippen molar-refractivity contribution in [1.29, 1.82) is 0 Å². The number of fused-ring (bicyclic) bond motifs is 1. The van der Waals surface area contributed by atoms with Gasteiger partial charge in [-0.3, -0.25) is 19.1 Å². The Kier molecular flexibility index (Phi) is 10.5. The Morgan fingerprint density at radius 3 is 2.27 bits per heavy atom. The number of benzene rings is 1. The third-order valence-electron chi connectivity index (χ3n) is 10.6. The average Bonchev–Trinajstić information content (AvgIpc) is 3.96. The number of sulfonamides is 1. The van der Waals surface area contributed by atoms with Gasteiger partial charge in [0.25, 0.3) is 5.91 Å². The number of rotatable bonds is 10. The molecule has 286 valence electrons. The third-order valence-corrected chi connectivity index (χ3v) is 12.9. The molecule has 14 nitrogen and oxygen atoms in total. The lowest BCUT2D eigenvalue weighted by Crippen LogP contribution is -2.60. The Hall–Kier alpha value is -4.14. The van der Waals surface area contributed by atoms with Crippen LogP contribution in [0.25, 0.3) is 0 Å². The summed E-state index contributed by atoms with van der Waals surface area (Å²) in [5, 5.41) is 5.43. The van der Waals surface area contributed by atoms with Crippen LogP contribution in [-0.2, 0) is 46.8 Å².